The van der Waals surface area contributed by atoms with E-state index in [2.05, 4.69) is 0 Å². The van der Waals surface area contributed by atoms with E-state index in [4.69, 9.17) is 15.2 Å². The number of hydrogen-bond donors (Lipinski definition) is 1. The SMILES string of the molecule is COC(=O)C1=C(C)OC(N)=C(C#N)C1c1cccc([N+](=O)[O-])c1. The lowest BCUT2D eigenvalue weighted by Gasteiger charge is -2.26. The number of methoxy groups -OCH3 is 1. The predicted molar refractivity (Wildman–Crippen MR) is 78.5 cm³/mol. The van der Waals surface area contributed by atoms with Crippen LogP contribution in [-0.4, -0.2) is 18.0 Å². The molecule has 0 amide bonds. The van der Waals surface area contributed by atoms with E-state index >= 15 is 0 Å². The Labute approximate surface area is 131 Å². The van der Waals surface area contributed by atoms with E-state index < -0.39 is 16.8 Å². The molecule has 1 heterocycles. The molecule has 1 aromatic rings. The minimum absolute atomic E-state index is 0.00324. The Morgan fingerprint density at radius 1 is 1.52 bits per heavy atom. The molecular weight excluding hydrogens is 302 g/mol. The lowest BCUT2D eigenvalue weighted by Crippen LogP contribution is -2.25. The van der Waals surface area contributed by atoms with E-state index in [1.807, 2.05) is 6.07 Å². The van der Waals surface area contributed by atoms with Gasteiger partial charge in [-0.15, -0.1) is 0 Å². The average Bonchev–Trinajstić information content (AvgIpc) is 2.53. The van der Waals surface area contributed by atoms with Crippen LogP contribution in [0, 0.1) is 21.4 Å². The molecule has 0 bridgehead atoms. The van der Waals surface area contributed by atoms with Gasteiger partial charge in [0.1, 0.15) is 17.4 Å². The molecule has 0 aromatic heterocycles. The molecule has 8 nitrogen and oxygen atoms in total. The molecule has 2 rings (SSSR count). The fraction of sp³-hybridized carbons (Fsp3) is 0.200. The third kappa shape index (κ3) is 2.85. The van der Waals surface area contributed by atoms with Crippen LogP contribution >= 0.6 is 0 Å². The zero-order valence-corrected chi connectivity index (χ0v) is 12.4. The van der Waals surface area contributed by atoms with Crippen LogP contribution < -0.4 is 5.73 Å². The van der Waals surface area contributed by atoms with Crippen LogP contribution in [0.3, 0.4) is 0 Å². The summed E-state index contributed by atoms with van der Waals surface area (Å²) in [5.41, 5.74) is 6.02. The number of non-ortho nitro benzene ring substituents is 1. The number of ether oxygens (including phenoxy) is 2. The summed E-state index contributed by atoms with van der Waals surface area (Å²) in [7, 11) is 1.20. The van der Waals surface area contributed by atoms with E-state index in [9.17, 15) is 20.2 Å². The maximum Gasteiger partial charge on any atom is 0.338 e. The van der Waals surface area contributed by atoms with Gasteiger partial charge in [0.15, 0.2) is 0 Å². The Balaban J connectivity index is 2.68. The lowest BCUT2D eigenvalue weighted by molar-refractivity contribution is -0.384. The molecule has 0 aliphatic carbocycles. The van der Waals surface area contributed by atoms with Gasteiger partial charge in [0.05, 0.1) is 23.5 Å². The third-order valence-corrected chi connectivity index (χ3v) is 3.43. The summed E-state index contributed by atoms with van der Waals surface area (Å²) in [5.74, 6) is -1.54. The molecule has 1 aromatic carbocycles. The number of nitrogens with two attached hydrogens (primary N) is 1. The second-order valence-corrected chi connectivity index (χ2v) is 4.74. The van der Waals surface area contributed by atoms with Crippen LogP contribution in [0.25, 0.3) is 0 Å². The maximum atomic E-state index is 12.1. The van der Waals surface area contributed by atoms with Crippen molar-refractivity contribution in [3.8, 4) is 6.07 Å². The van der Waals surface area contributed by atoms with Crippen molar-refractivity contribution in [3.05, 3.63) is 62.7 Å². The van der Waals surface area contributed by atoms with Gasteiger partial charge in [-0.2, -0.15) is 5.26 Å². The van der Waals surface area contributed by atoms with Crippen molar-refractivity contribution in [1.29, 1.82) is 5.26 Å². The second kappa shape index (κ2) is 6.19. The van der Waals surface area contributed by atoms with Gasteiger partial charge in [-0.05, 0) is 12.5 Å². The van der Waals surface area contributed by atoms with Crippen molar-refractivity contribution in [1.82, 2.24) is 0 Å². The summed E-state index contributed by atoms with van der Waals surface area (Å²) in [6, 6.07) is 7.55. The number of rotatable bonds is 3. The Kier molecular flexibility index (Phi) is 4.32. The average molecular weight is 315 g/mol. The summed E-state index contributed by atoms with van der Waals surface area (Å²) in [5, 5.41) is 20.3. The third-order valence-electron chi connectivity index (χ3n) is 3.43. The fourth-order valence-corrected chi connectivity index (χ4v) is 2.41. The number of nitriles is 1. The molecule has 1 aliphatic rings. The Morgan fingerprint density at radius 3 is 2.78 bits per heavy atom. The largest absolute Gasteiger partial charge is 0.466 e. The summed E-state index contributed by atoms with van der Waals surface area (Å²) >= 11 is 0. The van der Waals surface area contributed by atoms with E-state index in [0.717, 1.165) is 0 Å². The highest BCUT2D eigenvalue weighted by Crippen LogP contribution is 2.40. The standard InChI is InChI=1S/C15H13N3O5/c1-8-12(15(19)22-2)13(11(7-16)14(17)23-8)9-4-3-5-10(6-9)18(20)21/h3-6,13H,17H2,1-2H3. The molecule has 2 N–H and O–H groups in total. The normalized spacial score (nSPS) is 17.3. The number of nitro benzene ring substituents is 1. The highest BCUT2D eigenvalue weighted by Gasteiger charge is 2.36. The van der Waals surface area contributed by atoms with Crippen LogP contribution in [0.5, 0.6) is 0 Å². The molecule has 0 radical (unpaired) electrons. The Hall–Kier alpha value is -3.34. The van der Waals surface area contributed by atoms with Crippen molar-refractivity contribution >= 4 is 11.7 Å². The number of hydrogen-bond acceptors (Lipinski definition) is 7. The van der Waals surface area contributed by atoms with E-state index in [-0.39, 0.29) is 28.5 Å². The summed E-state index contributed by atoms with van der Waals surface area (Å²) in [6.07, 6.45) is 0. The van der Waals surface area contributed by atoms with Gasteiger partial charge in [0.25, 0.3) is 5.69 Å². The number of carbonyl (C=O) groups excluding carboxylic acids is 1. The van der Waals surface area contributed by atoms with Crippen molar-refractivity contribution in [2.24, 2.45) is 5.73 Å². The first kappa shape index (κ1) is 16.0. The first-order chi connectivity index (χ1) is 10.9. The van der Waals surface area contributed by atoms with Gasteiger partial charge in [-0.3, -0.25) is 10.1 Å². The smallest absolute Gasteiger partial charge is 0.338 e. The van der Waals surface area contributed by atoms with Gasteiger partial charge in [-0.25, -0.2) is 4.79 Å². The molecule has 1 atom stereocenters. The van der Waals surface area contributed by atoms with Crippen LogP contribution in [0.1, 0.15) is 18.4 Å². The van der Waals surface area contributed by atoms with Crippen molar-refractivity contribution in [2.75, 3.05) is 7.11 Å². The number of benzene rings is 1. The molecule has 23 heavy (non-hydrogen) atoms. The molecule has 0 saturated heterocycles. The number of allylic oxidation sites excluding steroid dienone is 2. The lowest BCUT2D eigenvalue weighted by atomic mass is 9.83. The molecule has 0 saturated carbocycles. The minimum Gasteiger partial charge on any atom is -0.466 e. The van der Waals surface area contributed by atoms with Gasteiger partial charge >= 0.3 is 5.97 Å². The van der Waals surface area contributed by atoms with Crippen LogP contribution in [0.2, 0.25) is 0 Å². The maximum absolute atomic E-state index is 12.1. The second-order valence-electron chi connectivity index (χ2n) is 4.74. The van der Waals surface area contributed by atoms with Crippen LogP contribution in [-0.2, 0) is 14.3 Å². The number of nitrogens with zero attached hydrogens (tertiary/aromatic N) is 2. The Bertz CT molecular complexity index is 789. The van der Waals surface area contributed by atoms with Gasteiger partial charge in [0.2, 0.25) is 5.88 Å². The molecule has 0 fully saturated rings. The van der Waals surface area contributed by atoms with E-state index in [1.165, 1.54) is 32.2 Å². The zero-order chi connectivity index (χ0) is 17.1. The molecule has 0 spiro atoms. The summed E-state index contributed by atoms with van der Waals surface area (Å²) in [4.78, 5) is 22.5. The quantitative estimate of drug-likeness (QED) is 0.512. The highest BCUT2D eigenvalue weighted by molar-refractivity contribution is 5.92. The van der Waals surface area contributed by atoms with Crippen molar-refractivity contribution in [3.63, 3.8) is 0 Å². The molecule has 118 valence electrons. The molecule has 1 unspecified atom stereocenters. The number of esters is 1. The van der Waals surface area contributed by atoms with Gasteiger partial charge in [0, 0.05) is 12.1 Å². The van der Waals surface area contributed by atoms with E-state index in [0.29, 0.717) is 5.56 Å². The van der Waals surface area contributed by atoms with Gasteiger partial charge < -0.3 is 15.2 Å². The zero-order valence-electron chi connectivity index (χ0n) is 12.4. The molecule has 1 aliphatic heterocycles. The van der Waals surface area contributed by atoms with Crippen molar-refractivity contribution in [2.45, 2.75) is 12.8 Å². The summed E-state index contributed by atoms with van der Waals surface area (Å²) in [6.45, 7) is 1.51. The monoisotopic (exact) mass is 315 g/mol. The number of nitro groups is 1. The first-order valence-corrected chi connectivity index (χ1v) is 6.51. The fourth-order valence-electron chi connectivity index (χ4n) is 2.41. The van der Waals surface area contributed by atoms with Crippen LogP contribution in [0.4, 0.5) is 5.69 Å². The summed E-state index contributed by atoms with van der Waals surface area (Å²) < 4.78 is 9.97. The predicted octanol–water partition coefficient (Wildman–Crippen LogP) is 1.85. The van der Waals surface area contributed by atoms with Crippen LogP contribution in [0.15, 0.2) is 47.1 Å². The first-order valence-electron chi connectivity index (χ1n) is 6.51. The van der Waals surface area contributed by atoms with Gasteiger partial charge in [-0.1, -0.05) is 12.1 Å². The highest BCUT2D eigenvalue weighted by atomic mass is 16.6. The topological polar surface area (TPSA) is 128 Å². The van der Waals surface area contributed by atoms with E-state index in [1.54, 1.807) is 6.07 Å². The molecular formula is C15H13N3O5. The Morgan fingerprint density at radius 2 is 2.22 bits per heavy atom. The minimum atomic E-state index is -0.888. The molecule has 8 heteroatoms. The number of carbonyl (C=O) groups is 1. The van der Waals surface area contributed by atoms with Crippen molar-refractivity contribution < 1.29 is 19.2 Å².